The average molecular weight is 361 g/mol. The Morgan fingerprint density at radius 2 is 1.96 bits per heavy atom. The van der Waals surface area contributed by atoms with Gasteiger partial charge in [0.1, 0.15) is 0 Å². The monoisotopic (exact) mass is 361 g/mol. The summed E-state index contributed by atoms with van der Waals surface area (Å²) in [6, 6.07) is 2.99. The molecule has 1 aromatic rings. The van der Waals surface area contributed by atoms with Crippen LogP contribution >= 0.6 is 0 Å². The Hall–Kier alpha value is -3.04. The van der Waals surface area contributed by atoms with Gasteiger partial charge in [-0.2, -0.15) is 0 Å². The molecule has 0 N–H and O–H groups in total. The van der Waals surface area contributed by atoms with Crippen molar-refractivity contribution in [2.24, 2.45) is 4.99 Å². The Morgan fingerprint density at radius 3 is 2.58 bits per heavy atom. The predicted octanol–water partition coefficient (Wildman–Crippen LogP) is 2.00. The SMILES string of the molecule is O=C(CC/C(=C1\C=CC=N1)c1cccn1B(F)F)ON1C(=O)CCC1=O. The van der Waals surface area contributed by atoms with Gasteiger partial charge in [0.15, 0.2) is 0 Å². The number of hydrogen-bond acceptors (Lipinski definition) is 5. The van der Waals surface area contributed by atoms with Crippen LogP contribution in [0.2, 0.25) is 0 Å². The summed E-state index contributed by atoms with van der Waals surface area (Å²) in [5.41, 5.74) is 1.14. The van der Waals surface area contributed by atoms with Crippen molar-refractivity contribution in [1.82, 2.24) is 9.54 Å². The van der Waals surface area contributed by atoms with Crippen LogP contribution in [0.15, 0.2) is 41.2 Å². The molecule has 26 heavy (non-hydrogen) atoms. The van der Waals surface area contributed by atoms with Crippen LogP contribution in [0.4, 0.5) is 8.63 Å². The van der Waals surface area contributed by atoms with Crippen LogP contribution < -0.4 is 0 Å². The lowest BCUT2D eigenvalue weighted by Gasteiger charge is -2.14. The second-order valence-electron chi connectivity index (χ2n) is 5.62. The number of hydrogen-bond donors (Lipinski definition) is 0. The molecular weight excluding hydrogens is 347 g/mol. The highest BCUT2D eigenvalue weighted by molar-refractivity contribution is 6.41. The van der Waals surface area contributed by atoms with Crippen LogP contribution in [0.25, 0.3) is 5.57 Å². The molecule has 3 heterocycles. The van der Waals surface area contributed by atoms with Crippen molar-refractivity contribution >= 4 is 37.0 Å². The van der Waals surface area contributed by atoms with Gasteiger partial charge in [0.25, 0.3) is 11.8 Å². The Kier molecular flexibility index (Phi) is 5.10. The van der Waals surface area contributed by atoms with E-state index in [1.54, 1.807) is 12.2 Å². The number of aromatic nitrogens is 1. The van der Waals surface area contributed by atoms with Gasteiger partial charge < -0.3 is 9.32 Å². The first-order valence-corrected chi connectivity index (χ1v) is 7.93. The summed E-state index contributed by atoms with van der Waals surface area (Å²) in [6.45, 7) is 0. The molecule has 0 saturated carbocycles. The standard InChI is InChI=1S/C16H14BF2N3O4/c18-17(19)21-10-2-4-13(21)11(12-3-1-9-20-12)5-8-16(25)26-22-14(23)6-7-15(22)24/h1-4,9-10H,5-8H2/b12-11-. The molecule has 0 atom stereocenters. The molecule has 0 unspecified atom stereocenters. The zero-order valence-electron chi connectivity index (χ0n) is 13.6. The van der Waals surface area contributed by atoms with Crippen molar-refractivity contribution in [2.75, 3.05) is 0 Å². The number of hydroxylamine groups is 2. The van der Waals surface area contributed by atoms with E-state index in [4.69, 9.17) is 4.84 Å². The molecule has 10 heteroatoms. The highest BCUT2D eigenvalue weighted by Crippen LogP contribution is 2.28. The van der Waals surface area contributed by atoms with E-state index < -0.39 is 25.2 Å². The molecule has 2 aliphatic heterocycles. The quantitative estimate of drug-likeness (QED) is 0.573. The van der Waals surface area contributed by atoms with E-state index in [2.05, 4.69) is 4.99 Å². The number of halogens is 2. The fourth-order valence-corrected chi connectivity index (χ4v) is 2.72. The van der Waals surface area contributed by atoms with E-state index in [9.17, 15) is 23.0 Å². The molecule has 1 saturated heterocycles. The lowest BCUT2D eigenvalue weighted by atomic mass is 10.0. The predicted molar refractivity (Wildman–Crippen MR) is 88.8 cm³/mol. The van der Waals surface area contributed by atoms with Crippen LogP contribution in [-0.2, 0) is 19.2 Å². The molecule has 7 nitrogen and oxygen atoms in total. The zero-order valence-corrected chi connectivity index (χ0v) is 13.6. The second kappa shape index (κ2) is 7.46. The van der Waals surface area contributed by atoms with E-state index in [-0.39, 0.29) is 31.4 Å². The molecule has 0 aromatic carbocycles. The van der Waals surface area contributed by atoms with Crippen LogP contribution in [0, 0.1) is 0 Å². The summed E-state index contributed by atoms with van der Waals surface area (Å²) >= 11 is 0. The highest BCUT2D eigenvalue weighted by atomic mass is 19.2. The first-order chi connectivity index (χ1) is 12.5. The summed E-state index contributed by atoms with van der Waals surface area (Å²) in [6.07, 6.45) is 5.93. The molecule has 134 valence electrons. The smallest absolute Gasteiger partial charge is 0.332 e. The topological polar surface area (TPSA) is 81.0 Å². The molecule has 0 radical (unpaired) electrons. The first kappa shape index (κ1) is 17.8. The maximum Gasteiger partial charge on any atom is 0.677 e. The third kappa shape index (κ3) is 3.63. The van der Waals surface area contributed by atoms with Crippen molar-refractivity contribution in [3.63, 3.8) is 0 Å². The van der Waals surface area contributed by atoms with E-state index in [1.165, 1.54) is 24.5 Å². The van der Waals surface area contributed by atoms with Crippen molar-refractivity contribution in [2.45, 2.75) is 25.7 Å². The van der Waals surface area contributed by atoms with Crippen molar-refractivity contribution in [3.8, 4) is 0 Å². The summed E-state index contributed by atoms with van der Waals surface area (Å²) in [5.74, 6) is -1.94. The molecule has 0 bridgehead atoms. The van der Waals surface area contributed by atoms with Gasteiger partial charge in [0, 0.05) is 30.3 Å². The van der Waals surface area contributed by atoms with Gasteiger partial charge in [-0.15, -0.1) is 5.06 Å². The molecule has 0 spiro atoms. The number of carbonyl (C=O) groups is 3. The molecular formula is C16H14BF2N3O4. The molecule has 2 amide bonds. The lowest BCUT2D eigenvalue weighted by molar-refractivity contribution is -0.197. The molecule has 0 aliphatic carbocycles. The van der Waals surface area contributed by atoms with Gasteiger partial charge in [0.05, 0.1) is 12.1 Å². The Bertz CT molecular complexity index is 814. The van der Waals surface area contributed by atoms with Crippen LogP contribution in [0.5, 0.6) is 0 Å². The number of rotatable bonds is 6. The first-order valence-electron chi connectivity index (χ1n) is 7.93. The van der Waals surface area contributed by atoms with E-state index in [1.807, 2.05) is 0 Å². The van der Waals surface area contributed by atoms with Crippen LogP contribution in [-0.4, -0.2) is 40.9 Å². The molecule has 1 fully saturated rings. The maximum absolute atomic E-state index is 13.2. The highest BCUT2D eigenvalue weighted by Gasteiger charge is 2.33. The minimum absolute atomic E-state index is 0.00281. The van der Waals surface area contributed by atoms with Gasteiger partial charge in [-0.25, -0.2) is 4.79 Å². The zero-order chi connectivity index (χ0) is 18.7. The summed E-state index contributed by atoms with van der Waals surface area (Å²) < 4.78 is 27.1. The normalized spacial score (nSPS) is 18.0. The third-order valence-corrected chi connectivity index (χ3v) is 3.94. The van der Waals surface area contributed by atoms with Gasteiger partial charge in [-0.3, -0.25) is 23.2 Å². The largest absolute Gasteiger partial charge is 0.677 e. The van der Waals surface area contributed by atoms with Gasteiger partial charge in [-0.05, 0) is 36.9 Å². The average Bonchev–Trinajstić information content (AvgIpc) is 3.34. The number of carbonyl (C=O) groups excluding carboxylic acids is 3. The fraction of sp³-hybridized carbons (Fsp3) is 0.250. The second-order valence-corrected chi connectivity index (χ2v) is 5.62. The minimum atomic E-state index is -2.74. The van der Waals surface area contributed by atoms with Crippen molar-refractivity contribution in [1.29, 1.82) is 0 Å². The Balaban J connectivity index is 1.75. The summed E-state index contributed by atoms with van der Waals surface area (Å²) in [4.78, 5) is 43.9. The molecule has 3 rings (SSSR count). The van der Waals surface area contributed by atoms with E-state index >= 15 is 0 Å². The third-order valence-electron chi connectivity index (χ3n) is 3.94. The number of amides is 2. The van der Waals surface area contributed by atoms with Gasteiger partial charge >= 0.3 is 13.4 Å². The summed E-state index contributed by atoms with van der Waals surface area (Å²) in [5, 5.41) is 0.463. The minimum Gasteiger partial charge on any atom is -0.332 e. The Morgan fingerprint density at radius 1 is 1.23 bits per heavy atom. The van der Waals surface area contributed by atoms with E-state index in [0.29, 0.717) is 16.3 Å². The lowest BCUT2D eigenvalue weighted by Crippen LogP contribution is -2.32. The van der Waals surface area contributed by atoms with Crippen molar-refractivity contribution < 1.29 is 27.9 Å². The van der Waals surface area contributed by atoms with Gasteiger partial charge in [-0.1, -0.05) is 0 Å². The van der Waals surface area contributed by atoms with Gasteiger partial charge in [0.2, 0.25) is 0 Å². The number of aliphatic imine (C=N–C) groups is 1. The molecule has 1 aromatic heterocycles. The van der Waals surface area contributed by atoms with Crippen LogP contribution in [0.1, 0.15) is 31.4 Å². The van der Waals surface area contributed by atoms with E-state index in [0.717, 1.165) is 4.48 Å². The number of nitrogens with zero attached hydrogens (tertiary/aromatic N) is 3. The van der Waals surface area contributed by atoms with Crippen LogP contribution in [0.3, 0.4) is 0 Å². The number of allylic oxidation sites excluding steroid dienone is 3. The fourth-order valence-electron chi connectivity index (χ4n) is 2.72. The Labute approximate surface area is 147 Å². The maximum atomic E-state index is 13.2. The molecule has 2 aliphatic rings. The van der Waals surface area contributed by atoms with Crippen molar-refractivity contribution in [3.05, 3.63) is 41.9 Å². The number of imide groups is 1. The summed E-state index contributed by atoms with van der Waals surface area (Å²) in [7, 11) is -2.74.